The topological polar surface area (TPSA) is 86.6 Å². The maximum absolute atomic E-state index is 13.7. The van der Waals surface area contributed by atoms with Crippen LogP contribution in [0.4, 0.5) is 10.6 Å². The fourth-order valence-electron chi connectivity index (χ4n) is 7.13. The van der Waals surface area contributed by atoms with Crippen LogP contribution in [-0.4, -0.2) is 75.0 Å². The third-order valence-corrected chi connectivity index (χ3v) is 9.45. The predicted octanol–water partition coefficient (Wildman–Crippen LogP) is 5.02. The molecule has 3 aromatic rings. The molecule has 3 aliphatic heterocycles. The third-order valence-electron chi connectivity index (χ3n) is 9.45. The van der Waals surface area contributed by atoms with Crippen LogP contribution in [0.3, 0.4) is 0 Å². The monoisotopic (exact) mass is 565 g/mol. The number of nitrogens with zero attached hydrogens (tertiary/aromatic N) is 6. The molecule has 2 fully saturated rings. The summed E-state index contributed by atoms with van der Waals surface area (Å²) >= 11 is 0. The Morgan fingerprint density at radius 3 is 2.62 bits per heavy atom. The van der Waals surface area contributed by atoms with Crippen molar-refractivity contribution in [3.8, 4) is 11.1 Å². The average Bonchev–Trinajstić information content (AvgIpc) is 3.64. The van der Waals surface area contributed by atoms with E-state index < -0.39 is 0 Å². The number of likely N-dealkylation sites (tertiary alicyclic amines) is 1. The molecule has 0 radical (unpaired) electrons. The molecule has 9 nitrogen and oxygen atoms in total. The fourth-order valence-corrected chi connectivity index (χ4v) is 7.13. The van der Waals surface area contributed by atoms with E-state index in [2.05, 4.69) is 59.8 Å². The maximum atomic E-state index is 13.7. The first-order valence-electron chi connectivity index (χ1n) is 15.5. The largest absolute Gasteiger partial charge is 0.356 e. The number of rotatable bonds is 5. The second-order valence-corrected chi connectivity index (χ2v) is 12.0. The second-order valence-electron chi connectivity index (χ2n) is 12.0. The summed E-state index contributed by atoms with van der Waals surface area (Å²) < 4.78 is 2.01. The van der Waals surface area contributed by atoms with Crippen LogP contribution in [-0.2, 0) is 11.3 Å². The van der Waals surface area contributed by atoms with Gasteiger partial charge < -0.3 is 24.6 Å². The lowest BCUT2D eigenvalue weighted by Crippen LogP contribution is -2.51. The molecule has 1 N–H and O–H groups in total. The zero-order chi connectivity index (χ0) is 28.6. The van der Waals surface area contributed by atoms with Crippen molar-refractivity contribution >= 4 is 28.8 Å². The molecule has 9 heteroatoms. The Morgan fingerprint density at radius 2 is 1.81 bits per heavy atom. The van der Waals surface area contributed by atoms with Crippen molar-refractivity contribution in [3.63, 3.8) is 0 Å². The predicted molar refractivity (Wildman–Crippen MR) is 164 cm³/mol. The highest BCUT2D eigenvalue weighted by Gasteiger charge is 2.32. The number of urea groups is 1. The Hall–Kier alpha value is -4.14. The number of nitrogens with one attached hydrogen (secondary N) is 1. The lowest BCUT2D eigenvalue weighted by atomic mass is 10.00. The highest BCUT2D eigenvalue weighted by molar-refractivity contribution is 6.02. The molecule has 2 aromatic heterocycles. The van der Waals surface area contributed by atoms with Gasteiger partial charge in [-0.05, 0) is 68.6 Å². The zero-order valence-corrected chi connectivity index (χ0v) is 24.4. The first-order chi connectivity index (χ1) is 20.6. The number of allylic oxidation sites excluding steroid dienone is 3. The Morgan fingerprint density at radius 1 is 1.00 bits per heavy atom. The minimum Gasteiger partial charge on any atom is -0.356 e. The van der Waals surface area contributed by atoms with Crippen LogP contribution in [0, 0.1) is 6.92 Å². The summed E-state index contributed by atoms with van der Waals surface area (Å²) in [4.78, 5) is 42.5. The molecule has 5 heterocycles. The Kier molecular flexibility index (Phi) is 7.17. The van der Waals surface area contributed by atoms with E-state index in [0.29, 0.717) is 13.1 Å². The normalized spacial score (nSPS) is 19.8. The summed E-state index contributed by atoms with van der Waals surface area (Å²) in [6.07, 6.45) is 14.8. The number of benzene rings is 1. The van der Waals surface area contributed by atoms with Gasteiger partial charge in [0.2, 0.25) is 5.91 Å². The van der Waals surface area contributed by atoms with Crippen LogP contribution < -0.4 is 10.2 Å². The van der Waals surface area contributed by atoms with E-state index >= 15 is 0 Å². The molecule has 1 aliphatic carbocycles. The summed E-state index contributed by atoms with van der Waals surface area (Å²) in [5.74, 6) is 1.05. The molecule has 0 spiro atoms. The quantitative estimate of drug-likeness (QED) is 0.470. The number of amides is 3. The van der Waals surface area contributed by atoms with Gasteiger partial charge >= 0.3 is 6.03 Å². The van der Waals surface area contributed by atoms with Crippen LogP contribution in [0.5, 0.6) is 0 Å². The molecule has 1 aromatic carbocycles. The summed E-state index contributed by atoms with van der Waals surface area (Å²) in [5, 5.41) is 4.20. The lowest BCUT2D eigenvalue weighted by Gasteiger charge is -2.38. The number of piperidine rings is 1. The van der Waals surface area contributed by atoms with Gasteiger partial charge in [-0.1, -0.05) is 36.4 Å². The van der Waals surface area contributed by atoms with Crippen LogP contribution >= 0.6 is 0 Å². The molecule has 0 atom stereocenters. The minimum absolute atomic E-state index is 0.0103. The standard InChI is InChI=1S/C33H39N7O2/c1-23-8-2-4-10-26(23)27-20-39(32-30(27)31(34-22-35-32)38-15-6-7-16-38)21-29(41)37-17-13-25(14-18-37)40-19-12-24-9-3-5-11-28(24)36-33(40)42/h2-4,8-10,20,22,25H,5-7,11-19,21H2,1H3,(H,36,42). The molecule has 0 bridgehead atoms. The van der Waals surface area contributed by atoms with E-state index in [1.165, 1.54) is 11.1 Å². The summed E-state index contributed by atoms with van der Waals surface area (Å²) in [5.41, 5.74) is 6.55. The number of hydrogen-bond donors (Lipinski definition) is 1. The Labute approximate surface area is 246 Å². The van der Waals surface area contributed by atoms with Crippen molar-refractivity contribution in [1.82, 2.24) is 29.7 Å². The van der Waals surface area contributed by atoms with E-state index in [-0.39, 0.29) is 24.5 Å². The maximum Gasteiger partial charge on any atom is 0.321 e. The van der Waals surface area contributed by atoms with Crippen LogP contribution in [0.15, 0.2) is 60.2 Å². The first kappa shape index (κ1) is 26.7. The molecular formula is C33H39N7O2. The Balaban J connectivity index is 1.09. The van der Waals surface area contributed by atoms with Crippen molar-refractivity contribution in [2.45, 2.75) is 64.5 Å². The molecule has 0 saturated carbocycles. The fraction of sp³-hybridized carbons (Fsp3) is 0.455. The molecule has 2 saturated heterocycles. The summed E-state index contributed by atoms with van der Waals surface area (Å²) in [6, 6.07) is 8.54. The summed E-state index contributed by atoms with van der Waals surface area (Å²) in [7, 11) is 0. The minimum atomic E-state index is 0.0103. The molecular weight excluding hydrogens is 526 g/mol. The van der Waals surface area contributed by atoms with E-state index in [1.54, 1.807) is 6.33 Å². The summed E-state index contributed by atoms with van der Waals surface area (Å²) in [6.45, 7) is 6.36. The van der Waals surface area contributed by atoms with Gasteiger partial charge in [-0.25, -0.2) is 14.8 Å². The number of fused-ring (bicyclic) bond motifs is 1. The highest BCUT2D eigenvalue weighted by atomic mass is 16.2. The third kappa shape index (κ3) is 4.95. The molecule has 218 valence electrons. The van der Waals surface area contributed by atoms with Gasteiger partial charge in [0.1, 0.15) is 24.3 Å². The van der Waals surface area contributed by atoms with Crippen molar-refractivity contribution < 1.29 is 9.59 Å². The van der Waals surface area contributed by atoms with Crippen LogP contribution in [0.25, 0.3) is 22.2 Å². The van der Waals surface area contributed by atoms with Crippen molar-refractivity contribution in [2.75, 3.05) is 37.6 Å². The zero-order valence-electron chi connectivity index (χ0n) is 24.4. The van der Waals surface area contributed by atoms with Gasteiger partial charge in [0.15, 0.2) is 0 Å². The molecule has 0 unspecified atom stereocenters. The number of anilines is 1. The molecule has 4 aliphatic rings. The van der Waals surface area contributed by atoms with Crippen LogP contribution in [0.2, 0.25) is 0 Å². The van der Waals surface area contributed by atoms with Gasteiger partial charge in [-0.3, -0.25) is 4.79 Å². The van der Waals surface area contributed by atoms with E-state index in [4.69, 9.17) is 9.97 Å². The van der Waals surface area contributed by atoms with Gasteiger partial charge in [-0.2, -0.15) is 0 Å². The molecule has 3 amide bonds. The number of carbonyl (C=O) groups is 2. The van der Waals surface area contributed by atoms with E-state index in [1.807, 2.05) is 14.4 Å². The van der Waals surface area contributed by atoms with E-state index in [0.717, 1.165) is 98.3 Å². The molecule has 7 rings (SSSR count). The van der Waals surface area contributed by atoms with Gasteiger partial charge in [0, 0.05) is 56.2 Å². The first-order valence-corrected chi connectivity index (χ1v) is 15.5. The highest BCUT2D eigenvalue weighted by Crippen LogP contribution is 2.38. The SMILES string of the molecule is Cc1ccccc1-c1cn(CC(=O)N2CCC(N3CCC4=C(CCC=C4)NC3=O)CC2)c2ncnc(N3CCCC3)c12. The van der Waals surface area contributed by atoms with Gasteiger partial charge in [0.05, 0.1) is 5.39 Å². The number of hydrogen-bond acceptors (Lipinski definition) is 5. The number of carbonyl (C=O) groups excluding carboxylic acids is 2. The van der Waals surface area contributed by atoms with Crippen LogP contribution in [0.1, 0.15) is 50.5 Å². The number of aryl methyl sites for hydroxylation is 1. The Bertz CT molecular complexity index is 1570. The lowest BCUT2D eigenvalue weighted by molar-refractivity contribution is -0.133. The smallest absolute Gasteiger partial charge is 0.321 e. The van der Waals surface area contributed by atoms with Gasteiger partial charge in [0.25, 0.3) is 0 Å². The van der Waals surface area contributed by atoms with Gasteiger partial charge in [-0.15, -0.1) is 0 Å². The van der Waals surface area contributed by atoms with Crippen molar-refractivity contribution in [1.29, 1.82) is 0 Å². The van der Waals surface area contributed by atoms with Crippen molar-refractivity contribution in [2.24, 2.45) is 0 Å². The average molecular weight is 566 g/mol. The second kappa shape index (κ2) is 11.3. The van der Waals surface area contributed by atoms with E-state index in [9.17, 15) is 9.59 Å². The van der Waals surface area contributed by atoms with Crippen molar-refractivity contribution in [3.05, 3.63) is 65.8 Å². The molecule has 42 heavy (non-hydrogen) atoms. The number of aromatic nitrogens is 3.